The summed E-state index contributed by atoms with van der Waals surface area (Å²) in [7, 11) is 0. The number of amides is 1. The number of carboxylic acid groups (broad SMARTS) is 1. The van der Waals surface area contributed by atoms with Gasteiger partial charge in [0.2, 0.25) is 0 Å². The van der Waals surface area contributed by atoms with Crippen molar-refractivity contribution in [2.75, 3.05) is 0 Å². The minimum absolute atomic E-state index is 0.0197. The first kappa shape index (κ1) is 15.1. The first-order valence-corrected chi connectivity index (χ1v) is 7.37. The molecule has 1 amide bonds. The SMILES string of the molecule is CC(C)C1(C)N=C(c2ncc3ccccc3c2C(=O)O)NC1=O. The first-order chi connectivity index (χ1) is 10.8. The van der Waals surface area contributed by atoms with E-state index in [1.165, 1.54) is 0 Å². The van der Waals surface area contributed by atoms with E-state index in [-0.39, 0.29) is 28.9 Å². The number of carbonyl (C=O) groups is 2. The summed E-state index contributed by atoms with van der Waals surface area (Å²) in [6.07, 6.45) is 1.59. The molecule has 1 aliphatic heterocycles. The lowest BCUT2D eigenvalue weighted by atomic mass is 9.89. The van der Waals surface area contributed by atoms with E-state index in [1.807, 2.05) is 19.9 Å². The Labute approximate surface area is 133 Å². The number of carboxylic acids is 1. The third-order valence-corrected chi connectivity index (χ3v) is 4.40. The molecule has 0 saturated carbocycles. The van der Waals surface area contributed by atoms with Crippen molar-refractivity contribution in [2.45, 2.75) is 26.3 Å². The number of rotatable bonds is 3. The number of aromatic carboxylic acids is 1. The molecule has 1 aliphatic rings. The number of benzene rings is 1. The average molecular weight is 311 g/mol. The topological polar surface area (TPSA) is 91.7 Å². The molecule has 0 bridgehead atoms. The van der Waals surface area contributed by atoms with Gasteiger partial charge in [0.05, 0.1) is 5.56 Å². The fraction of sp³-hybridized carbons (Fsp3) is 0.294. The summed E-state index contributed by atoms with van der Waals surface area (Å²) in [4.78, 5) is 32.7. The molecule has 0 radical (unpaired) electrons. The highest BCUT2D eigenvalue weighted by molar-refractivity contribution is 6.20. The zero-order chi connectivity index (χ0) is 16.8. The second kappa shape index (κ2) is 5.15. The number of hydrogen-bond acceptors (Lipinski definition) is 4. The average Bonchev–Trinajstić information content (AvgIpc) is 2.82. The number of aliphatic imine (C=N–C) groups is 1. The summed E-state index contributed by atoms with van der Waals surface area (Å²) in [5.41, 5.74) is -0.678. The molecule has 0 aliphatic carbocycles. The minimum atomic E-state index is -1.10. The van der Waals surface area contributed by atoms with Crippen molar-refractivity contribution in [1.82, 2.24) is 10.3 Å². The zero-order valence-electron chi connectivity index (χ0n) is 13.1. The van der Waals surface area contributed by atoms with Crippen LogP contribution < -0.4 is 5.32 Å². The van der Waals surface area contributed by atoms with Gasteiger partial charge >= 0.3 is 5.97 Å². The molecule has 118 valence electrons. The van der Waals surface area contributed by atoms with Gasteiger partial charge in [-0.05, 0) is 12.8 Å². The fourth-order valence-electron chi connectivity index (χ4n) is 2.61. The van der Waals surface area contributed by atoms with Crippen LogP contribution in [-0.4, -0.2) is 33.3 Å². The largest absolute Gasteiger partial charge is 0.478 e. The van der Waals surface area contributed by atoms with Gasteiger partial charge in [-0.25, -0.2) is 9.79 Å². The van der Waals surface area contributed by atoms with Crippen molar-refractivity contribution in [3.05, 3.63) is 41.7 Å². The summed E-state index contributed by atoms with van der Waals surface area (Å²) in [5.74, 6) is -1.14. The second-order valence-electron chi connectivity index (χ2n) is 6.09. The zero-order valence-corrected chi connectivity index (χ0v) is 13.1. The highest BCUT2D eigenvalue weighted by Gasteiger charge is 2.43. The van der Waals surface area contributed by atoms with Crippen LogP contribution in [0.5, 0.6) is 0 Å². The Kier molecular flexibility index (Phi) is 3.39. The van der Waals surface area contributed by atoms with Gasteiger partial charge in [0.1, 0.15) is 11.2 Å². The summed E-state index contributed by atoms with van der Waals surface area (Å²) in [6, 6.07) is 7.11. The summed E-state index contributed by atoms with van der Waals surface area (Å²) in [6.45, 7) is 5.54. The number of pyridine rings is 1. The van der Waals surface area contributed by atoms with Gasteiger partial charge in [0.25, 0.3) is 5.91 Å². The highest BCUT2D eigenvalue weighted by Crippen LogP contribution is 2.28. The quantitative estimate of drug-likeness (QED) is 0.909. The van der Waals surface area contributed by atoms with Crippen LogP contribution in [0.15, 0.2) is 35.5 Å². The summed E-state index contributed by atoms with van der Waals surface area (Å²) < 4.78 is 0. The van der Waals surface area contributed by atoms with Crippen LogP contribution in [0.3, 0.4) is 0 Å². The van der Waals surface area contributed by atoms with E-state index in [1.54, 1.807) is 31.3 Å². The lowest BCUT2D eigenvalue weighted by molar-refractivity contribution is -0.124. The van der Waals surface area contributed by atoms with Gasteiger partial charge < -0.3 is 10.4 Å². The Morgan fingerprint density at radius 3 is 2.61 bits per heavy atom. The summed E-state index contributed by atoms with van der Waals surface area (Å²) in [5, 5.41) is 13.6. The Hall–Kier alpha value is -2.76. The van der Waals surface area contributed by atoms with E-state index in [0.29, 0.717) is 5.39 Å². The number of carbonyl (C=O) groups excluding carboxylic acids is 1. The number of amidine groups is 1. The lowest BCUT2D eigenvalue weighted by Gasteiger charge is -2.21. The van der Waals surface area contributed by atoms with Crippen LogP contribution in [0.2, 0.25) is 0 Å². The maximum absolute atomic E-state index is 12.3. The van der Waals surface area contributed by atoms with Gasteiger partial charge in [-0.1, -0.05) is 38.1 Å². The first-order valence-electron chi connectivity index (χ1n) is 7.37. The number of fused-ring (bicyclic) bond motifs is 1. The molecule has 0 saturated heterocycles. The highest BCUT2D eigenvalue weighted by atomic mass is 16.4. The van der Waals surface area contributed by atoms with Gasteiger partial charge in [0, 0.05) is 17.0 Å². The van der Waals surface area contributed by atoms with Crippen molar-refractivity contribution < 1.29 is 14.7 Å². The van der Waals surface area contributed by atoms with Crippen molar-refractivity contribution in [3.8, 4) is 0 Å². The van der Waals surface area contributed by atoms with E-state index in [0.717, 1.165) is 5.39 Å². The molecule has 6 nitrogen and oxygen atoms in total. The number of hydrogen-bond donors (Lipinski definition) is 2. The molecule has 2 aromatic rings. The van der Waals surface area contributed by atoms with E-state index >= 15 is 0 Å². The molecule has 0 fully saturated rings. The molecule has 1 aromatic heterocycles. The van der Waals surface area contributed by atoms with E-state index in [4.69, 9.17) is 0 Å². The molecule has 2 heterocycles. The van der Waals surface area contributed by atoms with Crippen molar-refractivity contribution in [3.63, 3.8) is 0 Å². The van der Waals surface area contributed by atoms with Gasteiger partial charge in [-0.15, -0.1) is 0 Å². The van der Waals surface area contributed by atoms with Gasteiger partial charge in [-0.3, -0.25) is 9.78 Å². The van der Waals surface area contributed by atoms with Crippen molar-refractivity contribution in [2.24, 2.45) is 10.9 Å². The normalized spacial score (nSPS) is 20.7. The predicted octanol–water partition coefficient (Wildman–Crippen LogP) is 2.22. The number of aromatic nitrogens is 1. The van der Waals surface area contributed by atoms with Crippen LogP contribution in [0, 0.1) is 5.92 Å². The molecule has 23 heavy (non-hydrogen) atoms. The predicted molar refractivity (Wildman–Crippen MR) is 86.6 cm³/mol. The smallest absolute Gasteiger partial charge is 0.338 e. The summed E-state index contributed by atoms with van der Waals surface area (Å²) >= 11 is 0. The van der Waals surface area contributed by atoms with Crippen LogP contribution in [0.1, 0.15) is 36.8 Å². The second-order valence-corrected chi connectivity index (χ2v) is 6.09. The molecular weight excluding hydrogens is 294 g/mol. The van der Waals surface area contributed by atoms with E-state index < -0.39 is 11.5 Å². The molecule has 6 heteroatoms. The molecule has 0 spiro atoms. The molecule has 1 unspecified atom stereocenters. The lowest BCUT2D eigenvalue weighted by Crippen LogP contribution is -2.41. The minimum Gasteiger partial charge on any atom is -0.478 e. The monoisotopic (exact) mass is 311 g/mol. The van der Waals surface area contributed by atoms with Gasteiger partial charge in [-0.2, -0.15) is 0 Å². The van der Waals surface area contributed by atoms with Crippen molar-refractivity contribution in [1.29, 1.82) is 0 Å². The van der Waals surface area contributed by atoms with E-state index in [2.05, 4.69) is 15.3 Å². The van der Waals surface area contributed by atoms with Crippen molar-refractivity contribution >= 4 is 28.5 Å². The van der Waals surface area contributed by atoms with Gasteiger partial charge in [0.15, 0.2) is 5.84 Å². The van der Waals surface area contributed by atoms with Crippen LogP contribution >= 0.6 is 0 Å². The molecular formula is C17H17N3O3. The van der Waals surface area contributed by atoms with Crippen LogP contribution in [0.4, 0.5) is 0 Å². The number of nitrogens with one attached hydrogen (secondary N) is 1. The maximum atomic E-state index is 12.3. The Morgan fingerprint density at radius 1 is 1.30 bits per heavy atom. The third kappa shape index (κ3) is 2.27. The molecule has 3 rings (SSSR count). The van der Waals surface area contributed by atoms with Crippen LogP contribution in [-0.2, 0) is 4.79 Å². The standard InChI is InChI=1S/C17H17N3O3/c1-9(2)17(3)16(23)19-14(20-17)13-12(15(21)22)11-7-5-4-6-10(11)8-18-13/h4-9H,1-3H3,(H,21,22)(H,19,20,23). The van der Waals surface area contributed by atoms with E-state index in [9.17, 15) is 14.7 Å². The third-order valence-electron chi connectivity index (χ3n) is 4.40. The number of nitrogens with zero attached hydrogens (tertiary/aromatic N) is 2. The Bertz CT molecular complexity index is 857. The van der Waals surface area contributed by atoms with Crippen LogP contribution in [0.25, 0.3) is 10.8 Å². The maximum Gasteiger partial charge on any atom is 0.338 e. The Balaban J connectivity index is 2.24. The fourth-order valence-corrected chi connectivity index (χ4v) is 2.61. The Morgan fingerprint density at radius 2 is 2.00 bits per heavy atom. The molecule has 2 N–H and O–H groups in total. The molecule has 1 atom stereocenters. The molecule has 1 aromatic carbocycles.